The van der Waals surface area contributed by atoms with E-state index in [1.807, 2.05) is 13.0 Å². The summed E-state index contributed by atoms with van der Waals surface area (Å²) in [6, 6.07) is 5.30. The monoisotopic (exact) mass is 237 g/mol. The van der Waals surface area contributed by atoms with Crippen LogP contribution in [0.3, 0.4) is 0 Å². The van der Waals surface area contributed by atoms with Gasteiger partial charge in [-0.3, -0.25) is 4.90 Å². The molecule has 1 N–H and O–H groups in total. The van der Waals surface area contributed by atoms with Gasteiger partial charge in [0.1, 0.15) is 5.82 Å². The van der Waals surface area contributed by atoms with Crippen molar-refractivity contribution in [2.45, 2.75) is 38.8 Å². The zero-order chi connectivity index (χ0) is 12.4. The van der Waals surface area contributed by atoms with E-state index >= 15 is 0 Å². The molecule has 3 heteroatoms. The lowest BCUT2D eigenvalue weighted by Crippen LogP contribution is -2.39. The van der Waals surface area contributed by atoms with Crippen molar-refractivity contribution in [3.8, 4) is 0 Å². The van der Waals surface area contributed by atoms with E-state index in [-0.39, 0.29) is 18.0 Å². The van der Waals surface area contributed by atoms with Crippen LogP contribution in [0.15, 0.2) is 18.2 Å². The number of aliphatic hydroxyl groups excluding tert-OH is 1. The van der Waals surface area contributed by atoms with Crippen LogP contribution in [0.25, 0.3) is 0 Å². The number of halogens is 1. The van der Waals surface area contributed by atoms with Crippen LogP contribution in [0.1, 0.15) is 37.4 Å². The Bertz CT molecular complexity index is 394. The molecule has 1 aliphatic heterocycles. The maximum Gasteiger partial charge on any atom is 0.123 e. The second kappa shape index (κ2) is 5.15. The molecule has 17 heavy (non-hydrogen) atoms. The molecule has 0 unspecified atom stereocenters. The maximum atomic E-state index is 13.1. The molecular weight excluding hydrogens is 217 g/mol. The zero-order valence-electron chi connectivity index (χ0n) is 10.5. The molecule has 2 atom stereocenters. The van der Waals surface area contributed by atoms with Crippen molar-refractivity contribution in [1.29, 1.82) is 0 Å². The molecule has 1 aromatic rings. The van der Waals surface area contributed by atoms with Crippen molar-refractivity contribution < 1.29 is 9.50 Å². The summed E-state index contributed by atoms with van der Waals surface area (Å²) in [6.07, 6.45) is 1.38. The van der Waals surface area contributed by atoms with Gasteiger partial charge in [0.15, 0.2) is 0 Å². The summed E-state index contributed by atoms with van der Waals surface area (Å²) in [7, 11) is 0. The number of benzene rings is 1. The van der Waals surface area contributed by atoms with Gasteiger partial charge in [0.05, 0.1) is 6.10 Å². The van der Waals surface area contributed by atoms with E-state index in [1.54, 1.807) is 6.07 Å². The Morgan fingerprint density at radius 3 is 3.00 bits per heavy atom. The Morgan fingerprint density at radius 2 is 2.29 bits per heavy atom. The zero-order valence-corrected chi connectivity index (χ0v) is 10.5. The van der Waals surface area contributed by atoms with Crippen LogP contribution in [0.5, 0.6) is 0 Å². The van der Waals surface area contributed by atoms with Crippen LogP contribution in [0.4, 0.5) is 4.39 Å². The van der Waals surface area contributed by atoms with Crippen molar-refractivity contribution in [2.75, 3.05) is 13.1 Å². The molecule has 0 fully saturated rings. The Balaban J connectivity index is 2.15. The summed E-state index contributed by atoms with van der Waals surface area (Å²) < 4.78 is 13.1. The Hall–Kier alpha value is -0.930. The van der Waals surface area contributed by atoms with Crippen LogP contribution in [-0.4, -0.2) is 29.2 Å². The van der Waals surface area contributed by atoms with Gasteiger partial charge in [0, 0.05) is 19.1 Å². The summed E-state index contributed by atoms with van der Waals surface area (Å²) in [4.78, 5) is 2.27. The molecule has 0 bridgehead atoms. The number of β-amino-alcohol motifs (C(OH)–C–C–N with tert-alkyl or cyclic N) is 1. The quantitative estimate of drug-likeness (QED) is 0.873. The molecule has 0 saturated heterocycles. The standard InChI is InChI=1S/C14H20FNO/c1-3-13(17)9-16-7-6-11-8-12(15)4-5-14(11)10(16)2/h4-5,8,10,13,17H,3,6-7,9H2,1-2H3/t10-,13+/m0/s1. The van der Waals surface area contributed by atoms with Crippen LogP contribution >= 0.6 is 0 Å². The van der Waals surface area contributed by atoms with Crippen LogP contribution in [0, 0.1) is 5.82 Å². The summed E-state index contributed by atoms with van der Waals surface area (Å²) in [5.74, 6) is -0.155. The predicted molar refractivity (Wildman–Crippen MR) is 66.4 cm³/mol. The summed E-state index contributed by atoms with van der Waals surface area (Å²) in [6.45, 7) is 5.71. The predicted octanol–water partition coefficient (Wildman–Crippen LogP) is 2.52. The van der Waals surface area contributed by atoms with Crippen molar-refractivity contribution >= 4 is 0 Å². The van der Waals surface area contributed by atoms with Crippen molar-refractivity contribution in [1.82, 2.24) is 4.90 Å². The van der Waals surface area contributed by atoms with Crippen molar-refractivity contribution in [3.63, 3.8) is 0 Å². The largest absolute Gasteiger partial charge is 0.392 e. The first-order valence-corrected chi connectivity index (χ1v) is 6.32. The molecule has 0 aliphatic carbocycles. The second-order valence-corrected chi connectivity index (χ2v) is 4.83. The van der Waals surface area contributed by atoms with E-state index in [0.717, 1.165) is 24.9 Å². The fourth-order valence-corrected chi connectivity index (χ4v) is 2.50. The van der Waals surface area contributed by atoms with Gasteiger partial charge in [-0.15, -0.1) is 0 Å². The molecular formula is C14H20FNO. The van der Waals surface area contributed by atoms with Crippen molar-refractivity contribution in [3.05, 3.63) is 35.1 Å². The Labute approximate surface area is 102 Å². The first kappa shape index (κ1) is 12.5. The third kappa shape index (κ3) is 2.67. The normalized spacial score (nSPS) is 22.2. The molecule has 2 nitrogen and oxygen atoms in total. The molecule has 0 amide bonds. The van der Waals surface area contributed by atoms with E-state index < -0.39 is 0 Å². The highest BCUT2D eigenvalue weighted by Gasteiger charge is 2.25. The number of hydrogen-bond acceptors (Lipinski definition) is 2. The lowest BCUT2D eigenvalue weighted by Gasteiger charge is -2.36. The lowest BCUT2D eigenvalue weighted by molar-refractivity contribution is 0.0840. The summed E-state index contributed by atoms with van der Waals surface area (Å²) in [5, 5.41) is 9.72. The first-order chi connectivity index (χ1) is 8.11. The molecule has 0 saturated carbocycles. The number of aliphatic hydroxyl groups is 1. The minimum atomic E-state index is -0.264. The fourth-order valence-electron chi connectivity index (χ4n) is 2.50. The van der Waals surface area contributed by atoms with Gasteiger partial charge in [0.2, 0.25) is 0 Å². The maximum absolute atomic E-state index is 13.1. The molecule has 94 valence electrons. The van der Waals surface area contributed by atoms with E-state index in [1.165, 1.54) is 11.6 Å². The van der Waals surface area contributed by atoms with Gasteiger partial charge in [-0.25, -0.2) is 4.39 Å². The molecule has 0 spiro atoms. The molecule has 0 radical (unpaired) electrons. The third-order valence-electron chi connectivity index (χ3n) is 3.69. The van der Waals surface area contributed by atoms with Gasteiger partial charge < -0.3 is 5.11 Å². The summed E-state index contributed by atoms with van der Waals surface area (Å²) in [5.41, 5.74) is 2.31. The second-order valence-electron chi connectivity index (χ2n) is 4.83. The van der Waals surface area contributed by atoms with E-state index in [2.05, 4.69) is 11.8 Å². The lowest BCUT2D eigenvalue weighted by atomic mass is 9.93. The molecule has 1 heterocycles. The average molecular weight is 237 g/mol. The minimum Gasteiger partial charge on any atom is -0.392 e. The first-order valence-electron chi connectivity index (χ1n) is 6.32. The topological polar surface area (TPSA) is 23.5 Å². The average Bonchev–Trinajstić information content (AvgIpc) is 2.32. The smallest absolute Gasteiger partial charge is 0.123 e. The van der Waals surface area contributed by atoms with Gasteiger partial charge in [-0.2, -0.15) is 0 Å². The number of rotatable bonds is 3. The van der Waals surface area contributed by atoms with Gasteiger partial charge >= 0.3 is 0 Å². The fraction of sp³-hybridized carbons (Fsp3) is 0.571. The molecule has 1 aromatic carbocycles. The van der Waals surface area contributed by atoms with Gasteiger partial charge in [-0.1, -0.05) is 13.0 Å². The summed E-state index contributed by atoms with van der Waals surface area (Å²) >= 11 is 0. The SMILES string of the molecule is CC[C@@H](O)CN1CCc2cc(F)ccc2[C@@H]1C. The van der Waals surface area contributed by atoms with Crippen molar-refractivity contribution in [2.24, 2.45) is 0 Å². The van der Waals surface area contributed by atoms with Gasteiger partial charge in [0.25, 0.3) is 0 Å². The third-order valence-corrected chi connectivity index (χ3v) is 3.69. The molecule has 2 rings (SSSR count). The van der Waals surface area contributed by atoms with E-state index in [4.69, 9.17) is 0 Å². The minimum absolute atomic E-state index is 0.155. The van der Waals surface area contributed by atoms with E-state index in [9.17, 15) is 9.50 Å². The van der Waals surface area contributed by atoms with Crippen LogP contribution in [-0.2, 0) is 6.42 Å². The highest BCUT2D eigenvalue weighted by atomic mass is 19.1. The highest BCUT2D eigenvalue weighted by Crippen LogP contribution is 2.29. The highest BCUT2D eigenvalue weighted by molar-refractivity contribution is 5.32. The number of hydrogen-bond donors (Lipinski definition) is 1. The molecule has 1 aliphatic rings. The Kier molecular flexibility index (Phi) is 3.79. The van der Waals surface area contributed by atoms with E-state index in [0.29, 0.717) is 6.54 Å². The Morgan fingerprint density at radius 1 is 1.53 bits per heavy atom. The van der Waals surface area contributed by atoms with Crippen LogP contribution in [0.2, 0.25) is 0 Å². The van der Waals surface area contributed by atoms with Gasteiger partial charge in [-0.05, 0) is 43.0 Å². The van der Waals surface area contributed by atoms with Crippen LogP contribution < -0.4 is 0 Å². The number of fused-ring (bicyclic) bond motifs is 1. The number of nitrogens with zero attached hydrogens (tertiary/aromatic N) is 1. The molecule has 0 aromatic heterocycles.